The number of esters is 1. The van der Waals surface area contributed by atoms with Crippen molar-refractivity contribution < 1.29 is 63.5 Å². The van der Waals surface area contributed by atoms with Crippen LogP contribution in [-0.2, 0) is 39.6 Å². The minimum absolute atomic E-state index is 0.0995. The highest BCUT2D eigenvalue weighted by atomic mass is 16.7. The molecule has 1 aromatic carbocycles. The second kappa shape index (κ2) is 27.6. The molecule has 0 unspecified atom stereocenters. The summed E-state index contributed by atoms with van der Waals surface area (Å²) in [6.07, 6.45) is -2.34. The number of hydrogen-bond donors (Lipinski definition) is 7. The second-order valence-corrected chi connectivity index (χ2v) is 23.1. The lowest BCUT2D eigenvalue weighted by molar-refractivity contribution is -0.318. The highest BCUT2D eigenvalue weighted by Crippen LogP contribution is 2.40. The third kappa shape index (κ3) is 16.1. The molecule has 19 heteroatoms. The molecule has 18 atom stereocenters. The highest BCUT2D eigenvalue weighted by molar-refractivity contribution is 5.73. The van der Waals surface area contributed by atoms with Crippen LogP contribution in [0.4, 0.5) is 0 Å². The molecule has 1 aromatic heterocycles. The number of nitrogens with zero attached hydrogens (tertiary/aromatic N) is 4. The van der Waals surface area contributed by atoms with Crippen molar-refractivity contribution >= 4 is 5.97 Å². The first-order valence-electron chi connectivity index (χ1n) is 27.5. The lowest BCUT2D eigenvalue weighted by Crippen LogP contribution is -2.61. The fourth-order valence-corrected chi connectivity index (χ4v) is 11.6. The number of benzene rings is 1. The minimum atomic E-state index is -1.84. The Morgan fingerprint density at radius 1 is 0.921 bits per heavy atom. The van der Waals surface area contributed by atoms with Gasteiger partial charge < -0.3 is 79.2 Å². The molecule has 2 aromatic rings. The molecular weight excluding hydrogens is 977 g/mol. The maximum absolute atomic E-state index is 14.5. The van der Waals surface area contributed by atoms with Gasteiger partial charge in [-0.1, -0.05) is 45.0 Å². The van der Waals surface area contributed by atoms with E-state index in [0.29, 0.717) is 44.1 Å². The van der Waals surface area contributed by atoms with Crippen LogP contribution >= 0.6 is 0 Å². The van der Waals surface area contributed by atoms with Gasteiger partial charge in [-0.25, -0.2) is 10.8 Å². The summed E-state index contributed by atoms with van der Waals surface area (Å²) < 4.78 is 43.5. The maximum Gasteiger partial charge on any atom is 0.311 e. The number of aliphatic hydroxyl groups excluding tert-OH is 3. The first-order chi connectivity index (χ1) is 35.7. The van der Waals surface area contributed by atoms with Crippen molar-refractivity contribution in [2.24, 2.45) is 29.3 Å². The Kier molecular flexibility index (Phi) is 23.0. The van der Waals surface area contributed by atoms with Gasteiger partial charge in [0.15, 0.2) is 12.6 Å². The van der Waals surface area contributed by atoms with E-state index >= 15 is 0 Å². The molecule has 9 N–H and O–H groups in total. The van der Waals surface area contributed by atoms with E-state index in [4.69, 9.17) is 44.7 Å². The molecule has 3 fully saturated rings. The molecule has 19 nitrogen and oxygen atoms in total. The molecule has 0 aliphatic carbocycles. The number of cyclic esters (lactones) is 1. The third-order valence-corrected chi connectivity index (χ3v) is 16.6. The van der Waals surface area contributed by atoms with Gasteiger partial charge in [-0.15, -0.1) is 0 Å². The van der Waals surface area contributed by atoms with E-state index in [2.05, 4.69) is 29.2 Å². The summed E-state index contributed by atoms with van der Waals surface area (Å²) in [4.78, 5) is 22.8. The Morgan fingerprint density at radius 2 is 1.59 bits per heavy atom. The zero-order chi connectivity index (χ0) is 56.4. The molecule has 3 saturated heterocycles. The lowest BCUT2D eigenvalue weighted by atomic mass is 9.77. The molecule has 0 spiro atoms. The first kappa shape index (κ1) is 63.3. The third-order valence-electron chi connectivity index (χ3n) is 16.6. The monoisotopic (exact) mass is 1070 g/mol. The predicted molar refractivity (Wildman–Crippen MR) is 290 cm³/mol. The number of hydrogen-bond acceptors (Lipinski definition) is 19. The van der Waals surface area contributed by atoms with Gasteiger partial charge in [0.25, 0.3) is 0 Å². The van der Waals surface area contributed by atoms with Gasteiger partial charge in [-0.3, -0.25) is 4.79 Å². The number of likely N-dealkylation sites (N-methyl/N-ethyl adjacent to an activating group) is 2. The molecule has 0 radical (unpaired) electrons. The normalized spacial score (nSPS) is 37.8. The number of aliphatic hydroxyl groups is 5. The van der Waals surface area contributed by atoms with E-state index in [1.54, 1.807) is 66.1 Å². The van der Waals surface area contributed by atoms with Gasteiger partial charge in [0.1, 0.15) is 30.0 Å². The number of aryl methyl sites for hydroxylation is 1. The van der Waals surface area contributed by atoms with Crippen LogP contribution in [0.25, 0.3) is 11.1 Å². The Balaban J connectivity index is 1.32. The van der Waals surface area contributed by atoms with Crippen LogP contribution in [0.2, 0.25) is 0 Å². The molecular formula is C57H96N6O13. The second-order valence-electron chi connectivity index (χ2n) is 23.1. The van der Waals surface area contributed by atoms with Crippen molar-refractivity contribution in [3.05, 3.63) is 60.1 Å². The van der Waals surface area contributed by atoms with E-state index in [9.17, 15) is 30.3 Å². The van der Waals surface area contributed by atoms with E-state index in [-0.39, 0.29) is 31.3 Å². The molecule has 0 bridgehead atoms. The Hall–Kier alpha value is -3.54. The molecule has 5 rings (SSSR count). The van der Waals surface area contributed by atoms with Gasteiger partial charge in [0.2, 0.25) is 5.88 Å². The minimum Gasteiger partial charge on any atom is -0.481 e. The summed E-state index contributed by atoms with van der Waals surface area (Å²) in [5, 5.41) is 61.4. The van der Waals surface area contributed by atoms with E-state index in [0.717, 1.165) is 30.4 Å². The summed E-state index contributed by atoms with van der Waals surface area (Å²) >= 11 is 0. The molecule has 0 saturated carbocycles. The Morgan fingerprint density at radius 3 is 2.21 bits per heavy atom. The average molecular weight is 1070 g/mol. The van der Waals surface area contributed by atoms with Gasteiger partial charge in [-0.2, -0.15) is 0 Å². The van der Waals surface area contributed by atoms with Crippen molar-refractivity contribution in [1.82, 2.24) is 19.8 Å². The lowest BCUT2D eigenvalue weighted by Gasteiger charge is -2.49. The number of rotatable bonds is 18. The van der Waals surface area contributed by atoms with Crippen molar-refractivity contribution in [2.75, 3.05) is 47.9 Å². The van der Waals surface area contributed by atoms with Crippen LogP contribution in [0.5, 0.6) is 5.88 Å². The van der Waals surface area contributed by atoms with Crippen molar-refractivity contribution in [3.63, 3.8) is 0 Å². The maximum atomic E-state index is 14.5. The Labute approximate surface area is 453 Å². The number of carbonyl (C=O) groups excluding carboxylic acids is 1. The molecule has 432 valence electrons. The van der Waals surface area contributed by atoms with Crippen LogP contribution in [-0.4, -0.2) is 190 Å². The fourth-order valence-electron chi connectivity index (χ4n) is 11.6. The summed E-state index contributed by atoms with van der Waals surface area (Å²) in [5.41, 5.74) is 5.96. The first-order valence-corrected chi connectivity index (χ1v) is 27.5. The molecule has 4 heterocycles. The van der Waals surface area contributed by atoms with E-state index < -0.39 is 102 Å². The van der Waals surface area contributed by atoms with Crippen LogP contribution in [0, 0.1) is 17.8 Å². The zero-order valence-corrected chi connectivity index (χ0v) is 48.0. The van der Waals surface area contributed by atoms with Gasteiger partial charge in [-0.05, 0) is 124 Å². The highest BCUT2D eigenvalue weighted by Gasteiger charge is 2.53. The van der Waals surface area contributed by atoms with Crippen LogP contribution < -0.4 is 16.3 Å². The van der Waals surface area contributed by atoms with Crippen molar-refractivity contribution in [2.45, 2.75) is 211 Å². The fraction of sp³-hybridized carbons (Fsp3) is 0.754. The SMILES string of the molecule is CC[C@H]1OC(=O)[C@H](C)[C@@H](O[C@H]2C[C@@](C)(OC)[C@@H](O)[C@H](C)O2)[C@H](C)[C@@H](O[C@@H]2O[C@H](C)C[C@H](N(C)CC/C(N)=C/N(N)CCCCc3ccc(-c4ccc(OC)nc4)cc3)[C@H]2O)[C@](C)(O)C[C@@H](C)CN(C)[C@H](C)[C@@H](O)[C@]1(C)O. The molecule has 76 heavy (non-hydrogen) atoms. The number of nitrogens with two attached hydrogens (primary N) is 2. The predicted octanol–water partition coefficient (Wildman–Crippen LogP) is 4.73. The largest absolute Gasteiger partial charge is 0.481 e. The quantitative estimate of drug-likeness (QED) is 0.0461. The topological polar surface area (TPSA) is 257 Å². The summed E-state index contributed by atoms with van der Waals surface area (Å²) in [5.74, 6) is 4.19. The van der Waals surface area contributed by atoms with Crippen molar-refractivity contribution in [3.8, 4) is 17.0 Å². The standard InChI is InChI=1S/C57H96N6O13/c1-15-45-57(10,69)50(65)38(6)62(12)32-34(2)29-55(8,68)52(36(4)49(37(5)53(67)74-45)75-47-30-56(9,71-14)51(66)39(7)73-47)76-54-48(64)44(28-35(3)72-54)61(11)27-25-43(58)33-63(59)26-17-16-18-40-19-21-41(22-20-40)42-23-24-46(70-13)60-31-42/h19-24,31,33-39,44-45,47-52,54,64-66,68-69H,15-18,25-30,32,58-59H2,1-14H3/b43-33-/t34-,35-,36+,37-,38-,39+,44+,45-,47+,48-,49+,50-,51+,52-,54+,55-,56-,57-/m1/s1. The van der Waals surface area contributed by atoms with Crippen LogP contribution in [0.1, 0.15) is 120 Å². The number of aromatic nitrogens is 1. The summed E-state index contributed by atoms with van der Waals surface area (Å²) in [6.45, 7) is 19.1. The molecule has 3 aliphatic heterocycles. The molecule has 3 aliphatic rings. The average Bonchev–Trinajstić information content (AvgIpc) is 3.37. The van der Waals surface area contributed by atoms with Crippen LogP contribution in [0.15, 0.2) is 54.5 Å². The van der Waals surface area contributed by atoms with Gasteiger partial charge >= 0.3 is 5.97 Å². The number of hydrazine groups is 1. The smallest absolute Gasteiger partial charge is 0.311 e. The van der Waals surface area contributed by atoms with E-state index in [1.165, 1.54) is 19.6 Å². The number of ether oxygens (including phenoxy) is 7. The molecule has 0 amide bonds. The summed E-state index contributed by atoms with van der Waals surface area (Å²) in [6, 6.07) is 11.3. The van der Waals surface area contributed by atoms with E-state index in [1.807, 2.05) is 56.8 Å². The van der Waals surface area contributed by atoms with Crippen LogP contribution in [0.3, 0.4) is 0 Å². The van der Waals surface area contributed by atoms with Crippen molar-refractivity contribution in [1.29, 1.82) is 0 Å². The van der Waals surface area contributed by atoms with Gasteiger partial charge in [0, 0.05) is 87.3 Å². The number of pyridine rings is 1. The zero-order valence-electron chi connectivity index (χ0n) is 48.0. The number of carbonyl (C=O) groups is 1. The summed E-state index contributed by atoms with van der Waals surface area (Å²) in [7, 11) is 6.87. The number of unbranched alkanes of at least 4 members (excludes halogenated alkanes) is 1. The van der Waals surface area contributed by atoms with Gasteiger partial charge in [0.05, 0.1) is 48.6 Å². The Bertz CT molecular complexity index is 2120. The number of methoxy groups -OCH3 is 2.